The van der Waals surface area contributed by atoms with Gasteiger partial charge < -0.3 is 4.90 Å². The maximum Gasteiger partial charge on any atom is 0.152 e. The zero-order valence-electron chi connectivity index (χ0n) is 12.2. The average Bonchev–Trinajstić information content (AvgIpc) is 2.78. The average molecular weight is 352 g/mol. The summed E-state index contributed by atoms with van der Waals surface area (Å²) in [6.45, 7) is 6.66. The minimum Gasteiger partial charge on any atom is -0.354 e. The van der Waals surface area contributed by atoms with Crippen molar-refractivity contribution in [2.75, 3.05) is 31.1 Å². The number of hydrogen-bond donors (Lipinski definition) is 0. The normalized spacial score (nSPS) is 16.4. The van der Waals surface area contributed by atoms with E-state index in [4.69, 9.17) is 0 Å². The SMILES string of the molecule is Cc1nccc(N2CCN(Cc3nn(C)nc3Br)CC2)n1. The zero-order chi connectivity index (χ0) is 14.8. The van der Waals surface area contributed by atoms with Gasteiger partial charge in [-0.2, -0.15) is 9.90 Å². The van der Waals surface area contributed by atoms with Gasteiger partial charge in [0, 0.05) is 46.0 Å². The van der Waals surface area contributed by atoms with Crippen molar-refractivity contribution in [2.45, 2.75) is 13.5 Å². The first-order chi connectivity index (χ1) is 10.1. The fourth-order valence-electron chi connectivity index (χ4n) is 2.49. The van der Waals surface area contributed by atoms with Crippen LogP contribution in [0.5, 0.6) is 0 Å². The van der Waals surface area contributed by atoms with Crippen LogP contribution in [-0.4, -0.2) is 56.0 Å². The van der Waals surface area contributed by atoms with Gasteiger partial charge in [0.05, 0.1) is 0 Å². The predicted octanol–water partition coefficient (Wildman–Crippen LogP) is 0.998. The number of nitrogens with zero attached hydrogens (tertiary/aromatic N) is 7. The van der Waals surface area contributed by atoms with E-state index >= 15 is 0 Å². The summed E-state index contributed by atoms with van der Waals surface area (Å²) < 4.78 is 0.832. The molecule has 1 fully saturated rings. The van der Waals surface area contributed by atoms with Crippen molar-refractivity contribution in [3.8, 4) is 0 Å². The van der Waals surface area contributed by atoms with Crippen molar-refractivity contribution in [1.82, 2.24) is 29.9 Å². The Bertz CT molecular complexity index is 619. The summed E-state index contributed by atoms with van der Waals surface area (Å²) >= 11 is 3.45. The molecule has 0 amide bonds. The van der Waals surface area contributed by atoms with Gasteiger partial charge in [-0.3, -0.25) is 4.90 Å². The van der Waals surface area contributed by atoms with Crippen molar-refractivity contribution in [2.24, 2.45) is 7.05 Å². The number of hydrogen-bond acceptors (Lipinski definition) is 6. The third kappa shape index (κ3) is 3.38. The molecule has 8 heteroatoms. The summed E-state index contributed by atoms with van der Waals surface area (Å²) in [6, 6.07) is 1.97. The van der Waals surface area contributed by atoms with Crippen LogP contribution in [0.2, 0.25) is 0 Å². The van der Waals surface area contributed by atoms with E-state index in [1.54, 1.807) is 4.80 Å². The Morgan fingerprint density at radius 3 is 2.57 bits per heavy atom. The summed E-state index contributed by atoms with van der Waals surface area (Å²) in [7, 11) is 1.84. The van der Waals surface area contributed by atoms with Crippen LogP contribution in [0, 0.1) is 6.92 Å². The number of aryl methyl sites for hydroxylation is 2. The highest BCUT2D eigenvalue weighted by atomic mass is 79.9. The van der Waals surface area contributed by atoms with Crippen LogP contribution >= 0.6 is 15.9 Å². The molecule has 2 aromatic rings. The molecule has 0 saturated carbocycles. The summed E-state index contributed by atoms with van der Waals surface area (Å²) in [5.74, 6) is 1.83. The number of rotatable bonds is 3. The van der Waals surface area contributed by atoms with Crippen LogP contribution in [0.1, 0.15) is 11.5 Å². The largest absolute Gasteiger partial charge is 0.354 e. The second-order valence-electron chi connectivity index (χ2n) is 5.15. The molecule has 0 atom stereocenters. The molecule has 7 nitrogen and oxygen atoms in total. The van der Waals surface area contributed by atoms with Gasteiger partial charge in [0.25, 0.3) is 0 Å². The lowest BCUT2D eigenvalue weighted by Crippen LogP contribution is -2.46. The molecule has 1 aliphatic rings. The summed E-state index contributed by atoms with van der Waals surface area (Å²) in [5, 5.41) is 8.59. The van der Waals surface area contributed by atoms with E-state index in [9.17, 15) is 0 Å². The molecule has 21 heavy (non-hydrogen) atoms. The summed E-state index contributed by atoms with van der Waals surface area (Å²) in [4.78, 5) is 14.9. The van der Waals surface area contributed by atoms with Crippen molar-refractivity contribution >= 4 is 21.7 Å². The third-order valence-corrected chi connectivity index (χ3v) is 4.18. The third-order valence-electron chi connectivity index (χ3n) is 3.57. The highest BCUT2D eigenvalue weighted by Gasteiger charge is 2.20. The van der Waals surface area contributed by atoms with Crippen molar-refractivity contribution in [3.05, 3.63) is 28.4 Å². The maximum absolute atomic E-state index is 4.49. The van der Waals surface area contributed by atoms with Gasteiger partial charge in [-0.1, -0.05) is 0 Å². The summed E-state index contributed by atoms with van der Waals surface area (Å²) in [5.41, 5.74) is 0.990. The van der Waals surface area contributed by atoms with Crippen LogP contribution < -0.4 is 4.90 Å². The fraction of sp³-hybridized carbons (Fsp3) is 0.538. The highest BCUT2D eigenvalue weighted by molar-refractivity contribution is 9.10. The van der Waals surface area contributed by atoms with E-state index in [2.05, 4.69) is 45.9 Å². The van der Waals surface area contributed by atoms with Crippen molar-refractivity contribution in [1.29, 1.82) is 0 Å². The summed E-state index contributed by atoms with van der Waals surface area (Å²) in [6.07, 6.45) is 1.82. The predicted molar refractivity (Wildman–Crippen MR) is 83.0 cm³/mol. The number of halogens is 1. The molecular weight excluding hydrogens is 334 g/mol. The van der Waals surface area contributed by atoms with Crippen LogP contribution in [0.3, 0.4) is 0 Å². The molecule has 3 heterocycles. The quantitative estimate of drug-likeness (QED) is 0.821. The van der Waals surface area contributed by atoms with Gasteiger partial charge in [0.2, 0.25) is 0 Å². The van der Waals surface area contributed by atoms with Crippen molar-refractivity contribution < 1.29 is 0 Å². The Labute approximate surface area is 132 Å². The second-order valence-corrected chi connectivity index (χ2v) is 5.90. The molecular formula is C13H18BrN7. The van der Waals surface area contributed by atoms with Gasteiger partial charge in [0.15, 0.2) is 4.60 Å². The fourth-order valence-corrected chi connectivity index (χ4v) is 2.92. The van der Waals surface area contributed by atoms with E-state index < -0.39 is 0 Å². The van der Waals surface area contributed by atoms with Crippen LogP contribution in [-0.2, 0) is 13.6 Å². The second kappa shape index (κ2) is 6.07. The number of aromatic nitrogens is 5. The van der Waals surface area contributed by atoms with Gasteiger partial charge >= 0.3 is 0 Å². The Hall–Kier alpha value is -1.54. The lowest BCUT2D eigenvalue weighted by atomic mass is 10.3. The molecule has 0 aromatic carbocycles. The molecule has 0 unspecified atom stereocenters. The minimum absolute atomic E-state index is 0.818. The molecule has 0 aliphatic carbocycles. The van der Waals surface area contributed by atoms with E-state index in [1.165, 1.54) is 0 Å². The van der Waals surface area contributed by atoms with Crippen LogP contribution in [0.15, 0.2) is 16.9 Å². The minimum atomic E-state index is 0.818. The van der Waals surface area contributed by atoms with Gasteiger partial charge in [-0.25, -0.2) is 9.97 Å². The lowest BCUT2D eigenvalue weighted by molar-refractivity contribution is 0.245. The van der Waals surface area contributed by atoms with Crippen molar-refractivity contribution in [3.63, 3.8) is 0 Å². The first kappa shape index (κ1) is 14.4. The van der Waals surface area contributed by atoms with E-state index in [0.717, 1.165) is 54.7 Å². The first-order valence-corrected chi connectivity index (χ1v) is 7.74. The van der Waals surface area contributed by atoms with Gasteiger partial charge in [-0.05, 0) is 28.9 Å². The molecule has 0 radical (unpaired) electrons. The molecule has 1 aliphatic heterocycles. The Morgan fingerprint density at radius 2 is 1.95 bits per heavy atom. The first-order valence-electron chi connectivity index (χ1n) is 6.94. The topological polar surface area (TPSA) is 63.0 Å². The Kier molecular flexibility index (Phi) is 4.16. The molecule has 0 bridgehead atoms. The molecule has 0 spiro atoms. The van der Waals surface area contributed by atoms with Crippen LogP contribution in [0.4, 0.5) is 5.82 Å². The molecule has 0 N–H and O–H groups in total. The van der Waals surface area contributed by atoms with E-state index in [1.807, 2.05) is 26.2 Å². The smallest absolute Gasteiger partial charge is 0.152 e. The molecule has 2 aromatic heterocycles. The van der Waals surface area contributed by atoms with E-state index in [0.29, 0.717) is 0 Å². The standard InChI is InChI=1S/C13H18BrN7/c1-10-15-4-3-12(16-10)21-7-5-20(6-8-21)9-11-13(14)18-19(2)17-11/h3-4H,5-9H2,1-2H3. The number of piperazine rings is 1. The zero-order valence-corrected chi connectivity index (χ0v) is 13.8. The van der Waals surface area contributed by atoms with E-state index in [-0.39, 0.29) is 0 Å². The Balaban J connectivity index is 1.59. The number of anilines is 1. The highest BCUT2D eigenvalue weighted by Crippen LogP contribution is 2.17. The van der Waals surface area contributed by atoms with Crippen LogP contribution in [0.25, 0.3) is 0 Å². The molecule has 3 rings (SSSR count). The van der Waals surface area contributed by atoms with Gasteiger partial charge in [-0.15, -0.1) is 5.10 Å². The van der Waals surface area contributed by atoms with Gasteiger partial charge in [0.1, 0.15) is 17.3 Å². The molecule has 112 valence electrons. The maximum atomic E-state index is 4.49. The molecule has 1 saturated heterocycles. The Morgan fingerprint density at radius 1 is 1.19 bits per heavy atom. The lowest BCUT2D eigenvalue weighted by Gasteiger charge is -2.35. The monoisotopic (exact) mass is 351 g/mol.